The summed E-state index contributed by atoms with van der Waals surface area (Å²) in [5.41, 5.74) is 3.81. The maximum absolute atomic E-state index is 12.3. The van der Waals surface area contributed by atoms with Crippen LogP contribution in [0.3, 0.4) is 0 Å². The molecule has 1 aliphatic heterocycles. The fourth-order valence-corrected chi connectivity index (χ4v) is 9.86. The summed E-state index contributed by atoms with van der Waals surface area (Å²) in [6, 6.07) is 13.8. The Morgan fingerprint density at radius 3 is 2.63 bits per heavy atom. The molecule has 1 heterocycles. The largest absolute Gasteiger partial charge is 0.508 e. The Balaban J connectivity index is 1.09. The number of phenolic OH excluding ortho intramolecular Hbond substituents is 1. The fraction of sp³-hybridized carbons (Fsp3) is 0.594. The van der Waals surface area contributed by atoms with Gasteiger partial charge in [-0.15, -0.1) is 0 Å². The molecule has 9 heteroatoms. The average molecular weight is 583 g/mol. The summed E-state index contributed by atoms with van der Waals surface area (Å²) < 4.78 is 31.6. The first-order valence-electron chi connectivity index (χ1n) is 15.2. The number of carbonyl (C=O) groups excluding carboxylic acids is 1. The molecule has 8 nitrogen and oxygen atoms in total. The molecule has 0 spiro atoms. The van der Waals surface area contributed by atoms with Gasteiger partial charge in [0.05, 0.1) is 25.0 Å². The first-order valence-corrected chi connectivity index (χ1v) is 16.8. The average Bonchev–Trinajstić information content (AvgIpc) is 3.53. The van der Waals surface area contributed by atoms with Crippen molar-refractivity contribution in [2.75, 3.05) is 25.4 Å². The molecule has 1 saturated heterocycles. The number of carbonyl (C=O) groups is 1. The van der Waals surface area contributed by atoms with Crippen LogP contribution in [0.1, 0.15) is 80.4 Å². The van der Waals surface area contributed by atoms with E-state index in [0.29, 0.717) is 49.5 Å². The highest BCUT2D eigenvalue weighted by Crippen LogP contribution is 2.65. The number of rotatable bonds is 9. The molecule has 41 heavy (non-hydrogen) atoms. The van der Waals surface area contributed by atoms with E-state index >= 15 is 0 Å². The van der Waals surface area contributed by atoms with Gasteiger partial charge in [-0.1, -0.05) is 25.1 Å². The van der Waals surface area contributed by atoms with Crippen molar-refractivity contribution in [3.8, 4) is 11.5 Å². The van der Waals surface area contributed by atoms with Crippen LogP contribution in [0.15, 0.2) is 42.5 Å². The zero-order chi connectivity index (χ0) is 28.8. The van der Waals surface area contributed by atoms with Gasteiger partial charge < -0.3 is 20.3 Å². The molecular formula is C32H42N2O6S. The Hall–Kier alpha value is -2.78. The highest BCUT2D eigenvalue weighted by molar-refractivity contribution is 7.89. The molecule has 0 aromatic heterocycles. The normalized spacial score (nSPS) is 30.8. The van der Waals surface area contributed by atoms with Crippen molar-refractivity contribution in [3.05, 3.63) is 59.2 Å². The van der Waals surface area contributed by atoms with Crippen LogP contribution in [-0.4, -0.2) is 60.5 Å². The van der Waals surface area contributed by atoms with Crippen LogP contribution in [0.4, 0.5) is 4.79 Å². The quantitative estimate of drug-likeness (QED) is 0.362. The van der Waals surface area contributed by atoms with Crippen LogP contribution in [0.25, 0.3) is 0 Å². The van der Waals surface area contributed by atoms with Crippen molar-refractivity contribution in [2.45, 2.75) is 76.2 Å². The number of aryl methyl sites for hydroxylation is 1. The zero-order valence-electron chi connectivity index (χ0n) is 23.8. The molecule has 3 fully saturated rings. The second-order valence-corrected chi connectivity index (χ2v) is 14.7. The number of nitrogens with one attached hydrogen (secondary N) is 1. The molecule has 6 rings (SSSR count). The van der Waals surface area contributed by atoms with Gasteiger partial charge in [-0.05, 0) is 121 Å². The van der Waals surface area contributed by atoms with Gasteiger partial charge in [-0.2, -0.15) is 0 Å². The van der Waals surface area contributed by atoms with Crippen molar-refractivity contribution < 1.29 is 28.2 Å². The Bertz CT molecular complexity index is 1380. The number of urea groups is 1. The maximum atomic E-state index is 12.3. The van der Waals surface area contributed by atoms with Crippen LogP contribution < -0.4 is 10.1 Å². The van der Waals surface area contributed by atoms with Crippen molar-refractivity contribution in [1.29, 1.82) is 0 Å². The molecule has 2 amide bonds. The van der Waals surface area contributed by atoms with E-state index in [4.69, 9.17) is 4.74 Å². The van der Waals surface area contributed by atoms with E-state index in [9.17, 15) is 23.4 Å². The summed E-state index contributed by atoms with van der Waals surface area (Å²) >= 11 is 0. The summed E-state index contributed by atoms with van der Waals surface area (Å²) in [4.78, 5) is 11.6. The maximum Gasteiger partial charge on any atom is 0.331 e. The number of aliphatic hydroxyl groups excluding tert-OH is 1. The Morgan fingerprint density at radius 1 is 1.07 bits per heavy atom. The second kappa shape index (κ2) is 11.1. The lowest BCUT2D eigenvalue weighted by atomic mass is 9.51. The number of unbranched alkanes of at least 4 members (excludes halogenated alkanes) is 2. The number of phenols is 1. The van der Waals surface area contributed by atoms with E-state index in [1.165, 1.54) is 16.7 Å². The summed E-state index contributed by atoms with van der Waals surface area (Å²) in [5, 5.41) is 23.8. The van der Waals surface area contributed by atoms with Crippen LogP contribution >= 0.6 is 0 Å². The van der Waals surface area contributed by atoms with Gasteiger partial charge in [-0.25, -0.2) is 17.5 Å². The third-order valence-electron chi connectivity index (χ3n) is 10.4. The summed E-state index contributed by atoms with van der Waals surface area (Å²) in [7, 11) is -3.55. The first-order chi connectivity index (χ1) is 19.7. The van der Waals surface area contributed by atoms with Gasteiger partial charge in [0.15, 0.2) is 0 Å². The number of fused-ring (bicyclic) bond motifs is 5. The molecule has 222 valence electrons. The Morgan fingerprint density at radius 2 is 1.88 bits per heavy atom. The monoisotopic (exact) mass is 582 g/mol. The number of ether oxygens (including phenoxy) is 1. The summed E-state index contributed by atoms with van der Waals surface area (Å²) in [5.74, 6) is 2.79. The predicted octanol–water partition coefficient (Wildman–Crippen LogP) is 4.91. The van der Waals surface area contributed by atoms with Crippen molar-refractivity contribution in [3.63, 3.8) is 0 Å². The van der Waals surface area contributed by atoms with Gasteiger partial charge in [-0.3, -0.25) is 0 Å². The predicted molar refractivity (Wildman–Crippen MR) is 157 cm³/mol. The number of hydrogen-bond donors (Lipinski definition) is 3. The summed E-state index contributed by atoms with van der Waals surface area (Å²) in [6.07, 6.45) is 6.65. The topological polar surface area (TPSA) is 116 Å². The number of nitrogens with zero attached hydrogens (tertiary/aromatic N) is 1. The zero-order valence-corrected chi connectivity index (χ0v) is 24.6. The number of amides is 2. The lowest BCUT2D eigenvalue weighted by Crippen LogP contribution is -2.47. The number of benzene rings is 2. The van der Waals surface area contributed by atoms with E-state index in [1.54, 1.807) is 0 Å². The van der Waals surface area contributed by atoms with Crippen LogP contribution in [-0.2, 0) is 16.4 Å². The number of sulfonamides is 1. The van der Waals surface area contributed by atoms with Crippen LogP contribution in [0.5, 0.6) is 11.5 Å². The van der Waals surface area contributed by atoms with E-state index in [-0.39, 0.29) is 29.7 Å². The van der Waals surface area contributed by atoms with E-state index in [1.807, 2.05) is 24.3 Å². The summed E-state index contributed by atoms with van der Waals surface area (Å²) in [6.45, 7) is 3.37. The van der Waals surface area contributed by atoms with Crippen molar-refractivity contribution >= 4 is 16.1 Å². The lowest BCUT2D eigenvalue weighted by Gasteiger charge is -2.54. The highest BCUT2D eigenvalue weighted by atomic mass is 32.2. The van der Waals surface area contributed by atoms with Gasteiger partial charge in [0.25, 0.3) is 0 Å². The second-order valence-electron chi connectivity index (χ2n) is 12.7. The molecule has 3 N–H and O–H groups in total. The Labute approximate surface area is 243 Å². The molecule has 3 aliphatic carbocycles. The van der Waals surface area contributed by atoms with Crippen LogP contribution in [0.2, 0.25) is 0 Å². The van der Waals surface area contributed by atoms with Crippen molar-refractivity contribution in [2.24, 2.45) is 17.3 Å². The molecule has 6 atom stereocenters. The van der Waals surface area contributed by atoms with Crippen molar-refractivity contribution in [1.82, 2.24) is 9.62 Å². The van der Waals surface area contributed by atoms with Gasteiger partial charge in [0.2, 0.25) is 10.0 Å². The smallest absolute Gasteiger partial charge is 0.331 e. The Kier molecular flexibility index (Phi) is 7.70. The molecule has 0 radical (unpaired) electrons. The van der Waals surface area contributed by atoms with E-state index < -0.39 is 16.1 Å². The molecule has 4 aliphatic rings. The van der Waals surface area contributed by atoms with Gasteiger partial charge in [0.1, 0.15) is 11.5 Å². The fourth-order valence-electron chi connectivity index (χ4n) is 8.39. The lowest BCUT2D eigenvalue weighted by molar-refractivity contribution is -0.0323. The number of aromatic hydroxyl groups is 1. The first kappa shape index (κ1) is 28.3. The van der Waals surface area contributed by atoms with E-state index in [2.05, 4.69) is 30.4 Å². The molecule has 0 bridgehead atoms. The molecule has 2 aromatic carbocycles. The highest BCUT2D eigenvalue weighted by Gasteiger charge is 2.57. The van der Waals surface area contributed by atoms with Gasteiger partial charge in [0, 0.05) is 6.54 Å². The minimum Gasteiger partial charge on any atom is -0.508 e. The molecule has 2 saturated carbocycles. The minimum atomic E-state index is -3.55. The van der Waals surface area contributed by atoms with E-state index in [0.717, 1.165) is 48.6 Å². The standard InChI is InChI=1S/C32H42N2O6S/c1-32-20-27(30-25-12-8-23(35)19-22(25)7-11-26(30)28(32)13-14-29(32)36)21-5-9-24(10-6-21)40-17-3-2-4-18-41(38,39)34-16-15-33-31(34)37/h5-6,8-10,12,19,26-30,35-36H,2-4,7,11,13-18,20H2,1H3,(H,33,37)/t26-,27+,28-,29-,30+,32-/m0/s1. The van der Waals surface area contributed by atoms with Crippen LogP contribution in [0, 0.1) is 17.3 Å². The third-order valence-corrected chi connectivity index (χ3v) is 12.3. The van der Waals surface area contributed by atoms with Gasteiger partial charge >= 0.3 is 6.03 Å². The number of hydrogen-bond acceptors (Lipinski definition) is 6. The molecule has 2 aromatic rings. The molecule has 0 unspecified atom stereocenters. The minimum absolute atomic E-state index is 0.0319. The molecular weight excluding hydrogens is 540 g/mol. The third kappa shape index (κ3) is 5.31. The number of aliphatic hydroxyl groups is 1. The SMILES string of the molecule is C[C@]12C[C@H](c3ccc(OCCCCCS(=O)(=O)N4CCNC4=O)cc3)[C@@H]3c4ccc(O)cc4CC[C@H]3[C@@H]1CC[C@@H]2O.